The molecule has 2 rings (SSSR count). The Kier molecular flexibility index (Phi) is 5.06. The number of amides is 1. The maximum atomic E-state index is 11.8. The Morgan fingerprint density at radius 2 is 1.80 bits per heavy atom. The summed E-state index contributed by atoms with van der Waals surface area (Å²) < 4.78 is 0. The number of halogens is 2. The first-order valence-electron chi connectivity index (χ1n) is 5.93. The van der Waals surface area contributed by atoms with Gasteiger partial charge < -0.3 is 5.32 Å². The van der Waals surface area contributed by atoms with Crippen LogP contribution in [0.5, 0.6) is 0 Å². The van der Waals surface area contributed by atoms with Crippen LogP contribution in [0, 0.1) is 11.8 Å². The number of hydrogen-bond donors (Lipinski definition) is 1. The highest BCUT2D eigenvalue weighted by molar-refractivity contribution is 6.31. The predicted octanol–water partition coefficient (Wildman–Crippen LogP) is 3.77. The van der Waals surface area contributed by atoms with Gasteiger partial charge in [-0.05, 0) is 42.5 Å². The summed E-state index contributed by atoms with van der Waals surface area (Å²) in [6, 6.07) is 13.9. The number of benzene rings is 2. The Labute approximate surface area is 127 Å². The molecular weight excluding hydrogens is 293 g/mol. The Hall–Kier alpha value is -1.95. The highest BCUT2D eigenvalue weighted by Gasteiger charge is 2.02. The van der Waals surface area contributed by atoms with Crippen LogP contribution in [0.3, 0.4) is 0 Å². The molecule has 0 aliphatic heterocycles. The van der Waals surface area contributed by atoms with Gasteiger partial charge in [0.25, 0.3) is 5.91 Å². The Bertz CT molecular complexity index is 669. The fraction of sp³-hybridized carbons (Fsp3) is 0.0625. The average Bonchev–Trinajstić information content (AvgIpc) is 2.44. The van der Waals surface area contributed by atoms with Gasteiger partial charge in [0.05, 0.1) is 6.54 Å². The molecule has 1 N–H and O–H groups in total. The van der Waals surface area contributed by atoms with Gasteiger partial charge in [0, 0.05) is 21.2 Å². The SMILES string of the molecule is O=C(NCC#Cc1cccc(Cl)c1)c1ccc(Cl)cc1. The zero-order valence-corrected chi connectivity index (χ0v) is 12.0. The van der Waals surface area contributed by atoms with Crippen LogP contribution < -0.4 is 5.32 Å². The summed E-state index contributed by atoms with van der Waals surface area (Å²) >= 11 is 11.6. The second-order valence-electron chi connectivity index (χ2n) is 4.00. The van der Waals surface area contributed by atoms with Gasteiger partial charge in [0.1, 0.15) is 0 Å². The molecule has 1 amide bonds. The first-order valence-corrected chi connectivity index (χ1v) is 6.69. The van der Waals surface area contributed by atoms with Gasteiger partial charge in [-0.3, -0.25) is 4.79 Å². The van der Waals surface area contributed by atoms with E-state index in [2.05, 4.69) is 17.2 Å². The molecule has 0 fully saturated rings. The number of carbonyl (C=O) groups excluding carboxylic acids is 1. The van der Waals surface area contributed by atoms with Crippen molar-refractivity contribution < 1.29 is 4.79 Å². The molecule has 0 unspecified atom stereocenters. The van der Waals surface area contributed by atoms with Crippen molar-refractivity contribution >= 4 is 29.1 Å². The minimum atomic E-state index is -0.179. The van der Waals surface area contributed by atoms with Gasteiger partial charge >= 0.3 is 0 Å². The minimum absolute atomic E-state index is 0.179. The number of nitrogens with one attached hydrogen (secondary N) is 1. The summed E-state index contributed by atoms with van der Waals surface area (Å²) in [4.78, 5) is 11.8. The first kappa shape index (κ1) is 14.5. The zero-order valence-electron chi connectivity index (χ0n) is 10.5. The van der Waals surface area contributed by atoms with E-state index >= 15 is 0 Å². The largest absolute Gasteiger partial charge is 0.341 e. The van der Waals surface area contributed by atoms with Gasteiger partial charge in [-0.25, -0.2) is 0 Å². The van der Waals surface area contributed by atoms with Crippen LogP contribution in [0.25, 0.3) is 0 Å². The van der Waals surface area contributed by atoms with Crippen molar-refractivity contribution in [3.05, 3.63) is 69.7 Å². The van der Waals surface area contributed by atoms with E-state index in [0.717, 1.165) is 5.56 Å². The van der Waals surface area contributed by atoms with E-state index in [1.54, 1.807) is 36.4 Å². The molecule has 0 spiro atoms. The van der Waals surface area contributed by atoms with Crippen molar-refractivity contribution in [2.75, 3.05) is 6.54 Å². The van der Waals surface area contributed by atoms with Gasteiger partial charge in [0.15, 0.2) is 0 Å². The van der Waals surface area contributed by atoms with Crippen molar-refractivity contribution in [2.45, 2.75) is 0 Å². The van der Waals surface area contributed by atoms with E-state index in [4.69, 9.17) is 23.2 Å². The van der Waals surface area contributed by atoms with Crippen molar-refractivity contribution in [1.82, 2.24) is 5.32 Å². The Balaban J connectivity index is 1.90. The number of carbonyl (C=O) groups is 1. The highest BCUT2D eigenvalue weighted by Crippen LogP contribution is 2.10. The summed E-state index contributed by atoms with van der Waals surface area (Å²) in [6.07, 6.45) is 0. The van der Waals surface area contributed by atoms with Crippen molar-refractivity contribution in [2.24, 2.45) is 0 Å². The van der Waals surface area contributed by atoms with Gasteiger partial charge in [-0.15, -0.1) is 0 Å². The van der Waals surface area contributed by atoms with Crippen LogP contribution in [0.4, 0.5) is 0 Å². The van der Waals surface area contributed by atoms with E-state index in [0.29, 0.717) is 15.6 Å². The quantitative estimate of drug-likeness (QED) is 0.841. The molecule has 0 aliphatic carbocycles. The molecule has 0 saturated heterocycles. The van der Waals surface area contributed by atoms with Crippen LogP contribution in [-0.4, -0.2) is 12.5 Å². The normalized spacial score (nSPS) is 9.50. The lowest BCUT2D eigenvalue weighted by Gasteiger charge is -2.01. The lowest BCUT2D eigenvalue weighted by atomic mass is 10.2. The molecule has 0 aromatic heterocycles. The zero-order chi connectivity index (χ0) is 14.4. The average molecular weight is 304 g/mol. The maximum Gasteiger partial charge on any atom is 0.252 e. The summed E-state index contributed by atoms with van der Waals surface area (Å²) in [6.45, 7) is 0.272. The summed E-state index contributed by atoms with van der Waals surface area (Å²) in [7, 11) is 0. The second-order valence-corrected chi connectivity index (χ2v) is 4.87. The standard InChI is InChI=1S/C16H11Cl2NO/c17-14-8-6-13(7-9-14)16(20)19-10-2-4-12-3-1-5-15(18)11-12/h1,3,5-9,11H,10H2,(H,19,20). The molecular formula is C16H11Cl2NO. The molecule has 100 valence electrons. The van der Waals surface area contributed by atoms with E-state index in [9.17, 15) is 4.79 Å². The summed E-state index contributed by atoms with van der Waals surface area (Å²) in [5.41, 5.74) is 1.37. The third-order valence-electron chi connectivity index (χ3n) is 2.50. The van der Waals surface area contributed by atoms with E-state index in [1.807, 2.05) is 12.1 Å². The molecule has 0 heterocycles. The smallest absolute Gasteiger partial charge is 0.252 e. The molecule has 0 aliphatic rings. The van der Waals surface area contributed by atoms with Gasteiger partial charge in [0.2, 0.25) is 0 Å². The molecule has 20 heavy (non-hydrogen) atoms. The molecule has 0 saturated carbocycles. The molecule has 0 bridgehead atoms. The topological polar surface area (TPSA) is 29.1 Å². The lowest BCUT2D eigenvalue weighted by Crippen LogP contribution is -2.23. The maximum absolute atomic E-state index is 11.8. The molecule has 2 aromatic rings. The van der Waals surface area contributed by atoms with Gasteiger partial charge in [-0.2, -0.15) is 0 Å². The molecule has 0 atom stereocenters. The Morgan fingerprint density at radius 3 is 2.50 bits per heavy atom. The summed E-state index contributed by atoms with van der Waals surface area (Å²) in [5, 5.41) is 3.95. The van der Waals surface area contributed by atoms with Crippen molar-refractivity contribution in [1.29, 1.82) is 0 Å². The fourth-order valence-corrected chi connectivity index (χ4v) is 1.86. The van der Waals surface area contributed by atoms with E-state index in [-0.39, 0.29) is 12.5 Å². The molecule has 2 aromatic carbocycles. The van der Waals surface area contributed by atoms with Crippen molar-refractivity contribution in [3.8, 4) is 11.8 Å². The minimum Gasteiger partial charge on any atom is -0.341 e. The lowest BCUT2D eigenvalue weighted by molar-refractivity contribution is 0.0958. The molecule has 4 heteroatoms. The molecule has 2 nitrogen and oxygen atoms in total. The van der Waals surface area contributed by atoms with Gasteiger partial charge in [-0.1, -0.05) is 41.1 Å². The van der Waals surface area contributed by atoms with Crippen LogP contribution >= 0.6 is 23.2 Å². The predicted molar refractivity (Wildman–Crippen MR) is 82.1 cm³/mol. The third kappa shape index (κ3) is 4.31. The monoisotopic (exact) mass is 303 g/mol. The van der Waals surface area contributed by atoms with E-state index in [1.165, 1.54) is 0 Å². The van der Waals surface area contributed by atoms with Crippen LogP contribution in [0.15, 0.2) is 48.5 Å². The number of rotatable bonds is 2. The third-order valence-corrected chi connectivity index (χ3v) is 2.99. The van der Waals surface area contributed by atoms with E-state index < -0.39 is 0 Å². The summed E-state index contributed by atoms with van der Waals surface area (Å²) in [5.74, 6) is 5.63. The highest BCUT2D eigenvalue weighted by atomic mass is 35.5. The fourth-order valence-electron chi connectivity index (χ4n) is 1.54. The van der Waals surface area contributed by atoms with Crippen LogP contribution in [0.1, 0.15) is 15.9 Å². The first-order chi connectivity index (χ1) is 9.65. The van der Waals surface area contributed by atoms with Crippen molar-refractivity contribution in [3.63, 3.8) is 0 Å². The number of hydrogen-bond acceptors (Lipinski definition) is 1. The molecule has 0 radical (unpaired) electrons. The second kappa shape index (κ2) is 7.00. The van der Waals surface area contributed by atoms with Crippen LogP contribution in [-0.2, 0) is 0 Å². The van der Waals surface area contributed by atoms with Crippen LogP contribution in [0.2, 0.25) is 10.0 Å². The Morgan fingerprint density at radius 1 is 1.05 bits per heavy atom.